The van der Waals surface area contributed by atoms with Crippen LogP contribution in [0.3, 0.4) is 0 Å². The summed E-state index contributed by atoms with van der Waals surface area (Å²) in [4.78, 5) is 11.5. The number of nitrogen functional groups attached to an aromatic ring is 1. The minimum absolute atomic E-state index is 0.219. The fourth-order valence-electron chi connectivity index (χ4n) is 4.46. The van der Waals surface area contributed by atoms with Crippen LogP contribution in [0.4, 0.5) is 5.82 Å². The average Bonchev–Trinajstić information content (AvgIpc) is 3.66. The highest BCUT2D eigenvalue weighted by atomic mass is 16.3. The predicted molar refractivity (Wildman–Crippen MR) is 153 cm³/mol. The van der Waals surface area contributed by atoms with E-state index in [2.05, 4.69) is 58.5 Å². The van der Waals surface area contributed by atoms with Crippen molar-refractivity contribution in [3.8, 4) is 23.0 Å². The first-order valence-corrected chi connectivity index (χ1v) is 12.6. The Balaban J connectivity index is 0.000000186. The summed E-state index contributed by atoms with van der Waals surface area (Å²) in [6.07, 6.45) is 6.28. The molecule has 0 aliphatic rings. The van der Waals surface area contributed by atoms with Crippen molar-refractivity contribution in [2.24, 2.45) is 7.05 Å². The van der Waals surface area contributed by atoms with Gasteiger partial charge in [0.2, 0.25) is 0 Å². The molecule has 0 aliphatic carbocycles. The average molecular weight is 517 g/mol. The molecule has 0 aliphatic heterocycles. The fraction of sp³-hybridized carbons (Fsp3) is 0.129. The summed E-state index contributed by atoms with van der Waals surface area (Å²) in [6.45, 7) is 2.12. The molecule has 2 aromatic carbocycles. The number of hydrogen-bond donors (Lipinski definition) is 2. The third kappa shape index (κ3) is 5.11. The molecule has 0 saturated heterocycles. The number of nitrogens with zero attached hydrogens (tertiary/aromatic N) is 4. The Bertz CT molecular complexity index is 1830. The Morgan fingerprint density at radius 3 is 2.56 bits per heavy atom. The van der Waals surface area contributed by atoms with Crippen LogP contribution in [0.15, 0.2) is 89.7 Å². The van der Waals surface area contributed by atoms with Crippen molar-refractivity contribution in [3.63, 3.8) is 0 Å². The highest BCUT2D eigenvalue weighted by molar-refractivity contribution is 6.05. The highest BCUT2D eigenvalue weighted by Gasteiger charge is 2.17. The number of amides is 1. The van der Waals surface area contributed by atoms with Crippen LogP contribution in [0.2, 0.25) is 0 Å². The zero-order valence-corrected chi connectivity index (χ0v) is 22.0. The fourth-order valence-corrected chi connectivity index (χ4v) is 4.46. The Kier molecular flexibility index (Phi) is 7.15. The number of carbonyl (C=O) groups is 1. The molecule has 6 rings (SSSR count). The number of aromatic nitrogens is 4. The van der Waals surface area contributed by atoms with Gasteiger partial charge >= 0.3 is 0 Å². The molecule has 0 spiro atoms. The van der Waals surface area contributed by atoms with Crippen LogP contribution in [0, 0.1) is 11.8 Å². The molecule has 0 atom stereocenters. The summed E-state index contributed by atoms with van der Waals surface area (Å²) in [5.41, 5.74) is 11.8. The van der Waals surface area contributed by atoms with Crippen LogP contribution < -0.4 is 11.1 Å². The maximum atomic E-state index is 11.5. The van der Waals surface area contributed by atoms with Crippen LogP contribution in [-0.4, -0.2) is 32.3 Å². The highest BCUT2D eigenvalue weighted by Crippen LogP contribution is 2.37. The second kappa shape index (κ2) is 11.0. The van der Waals surface area contributed by atoms with E-state index in [9.17, 15) is 4.79 Å². The molecule has 8 heteroatoms. The molecule has 0 unspecified atom stereocenters. The van der Waals surface area contributed by atoms with Gasteiger partial charge in [0.1, 0.15) is 16.9 Å². The van der Waals surface area contributed by atoms with Crippen molar-refractivity contribution in [2.45, 2.75) is 13.3 Å². The van der Waals surface area contributed by atoms with Gasteiger partial charge in [-0.3, -0.25) is 9.48 Å². The van der Waals surface area contributed by atoms with Crippen LogP contribution in [0.25, 0.3) is 27.6 Å². The maximum absolute atomic E-state index is 11.5. The number of fused-ring (bicyclic) bond motifs is 2. The Morgan fingerprint density at radius 1 is 1.05 bits per heavy atom. The van der Waals surface area contributed by atoms with E-state index in [1.54, 1.807) is 34.7 Å². The molecule has 4 heterocycles. The molecular formula is C31H28N6O2. The molecule has 39 heavy (non-hydrogen) atoms. The standard InChI is InChI=1S/C22H18N2O.C9H10N4O/c1-3-19-21(17-8-5-4-6-9-17)22-18(10-7-11-20(22)25-19)13-12-16-14-23-24(2)15-16;1-11-9(14)7-6-4-2-3-5-13(6)12-8(7)10/h4-11,14-15H,3H2,1-2H3;2-5H,1H3,(H2,10,12)(H,11,14). The van der Waals surface area contributed by atoms with Crippen molar-refractivity contribution in [1.82, 2.24) is 24.7 Å². The molecule has 6 aromatic rings. The van der Waals surface area contributed by atoms with Crippen molar-refractivity contribution in [3.05, 3.63) is 108 Å². The smallest absolute Gasteiger partial charge is 0.257 e. The van der Waals surface area contributed by atoms with E-state index >= 15 is 0 Å². The summed E-state index contributed by atoms with van der Waals surface area (Å²) >= 11 is 0. The lowest BCUT2D eigenvalue weighted by molar-refractivity contribution is 0.0965. The molecule has 3 N–H and O–H groups in total. The number of hydrogen-bond acceptors (Lipinski definition) is 5. The maximum Gasteiger partial charge on any atom is 0.257 e. The van der Waals surface area contributed by atoms with Gasteiger partial charge in [-0.1, -0.05) is 61.2 Å². The van der Waals surface area contributed by atoms with Crippen molar-refractivity contribution >= 4 is 28.2 Å². The zero-order valence-electron chi connectivity index (χ0n) is 22.0. The summed E-state index contributed by atoms with van der Waals surface area (Å²) in [6, 6.07) is 21.9. The lowest BCUT2D eigenvalue weighted by Crippen LogP contribution is -2.18. The lowest BCUT2D eigenvalue weighted by Gasteiger charge is -2.03. The number of furan rings is 1. The van der Waals surface area contributed by atoms with E-state index in [1.807, 2.05) is 49.6 Å². The van der Waals surface area contributed by atoms with E-state index in [1.165, 1.54) is 0 Å². The number of rotatable bonds is 3. The largest absolute Gasteiger partial charge is 0.460 e. The normalized spacial score (nSPS) is 10.5. The zero-order chi connectivity index (χ0) is 27.4. The van der Waals surface area contributed by atoms with Crippen molar-refractivity contribution in [1.29, 1.82) is 0 Å². The van der Waals surface area contributed by atoms with Gasteiger partial charge < -0.3 is 15.5 Å². The molecule has 0 radical (unpaired) electrons. The van der Waals surface area contributed by atoms with E-state index in [4.69, 9.17) is 10.2 Å². The molecular weight excluding hydrogens is 488 g/mol. The summed E-state index contributed by atoms with van der Waals surface area (Å²) < 4.78 is 9.46. The van der Waals surface area contributed by atoms with Gasteiger partial charge in [0.15, 0.2) is 5.82 Å². The third-order valence-corrected chi connectivity index (χ3v) is 6.24. The number of aryl methyl sites for hydroxylation is 2. The number of carbonyl (C=O) groups excluding carboxylic acids is 1. The number of anilines is 1. The molecule has 0 fully saturated rings. The minimum atomic E-state index is -0.219. The second-order valence-electron chi connectivity index (χ2n) is 8.82. The van der Waals surface area contributed by atoms with Gasteiger partial charge in [-0.05, 0) is 29.8 Å². The number of nitrogens with one attached hydrogen (secondary N) is 1. The van der Waals surface area contributed by atoms with Crippen LogP contribution in [0.5, 0.6) is 0 Å². The quantitative estimate of drug-likeness (QED) is 0.320. The van der Waals surface area contributed by atoms with Crippen molar-refractivity contribution < 1.29 is 9.21 Å². The van der Waals surface area contributed by atoms with E-state index < -0.39 is 0 Å². The van der Waals surface area contributed by atoms with Gasteiger partial charge in [-0.2, -0.15) is 5.10 Å². The van der Waals surface area contributed by atoms with Gasteiger partial charge in [0, 0.05) is 49.4 Å². The van der Waals surface area contributed by atoms with Crippen LogP contribution >= 0.6 is 0 Å². The van der Waals surface area contributed by atoms with E-state index in [0.717, 1.165) is 45.4 Å². The second-order valence-corrected chi connectivity index (χ2v) is 8.82. The van der Waals surface area contributed by atoms with Gasteiger partial charge in [-0.15, -0.1) is 5.10 Å². The SMILES string of the molecule is CCc1oc2cccc(C#Cc3cnn(C)c3)c2c1-c1ccccc1.CNC(=O)c1c(N)nn2ccccc12. The first-order valence-electron chi connectivity index (χ1n) is 12.6. The molecule has 4 aromatic heterocycles. The monoisotopic (exact) mass is 516 g/mol. The molecule has 1 amide bonds. The number of nitrogens with two attached hydrogens (primary N) is 1. The number of pyridine rings is 1. The van der Waals surface area contributed by atoms with Gasteiger partial charge in [0.05, 0.1) is 17.3 Å². The first kappa shape index (κ1) is 25.4. The Labute approximate surface area is 226 Å². The Morgan fingerprint density at radius 2 is 1.85 bits per heavy atom. The first-order chi connectivity index (χ1) is 19.0. The van der Waals surface area contributed by atoms with Gasteiger partial charge in [0.25, 0.3) is 5.91 Å². The number of benzene rings is 2. The van der Waals surface area contributed by atoms with Crippen LogP contribution in [-0.2, 0) is 13.5 Å². The van der Waals surface area contributed by atoms with E-state index in [0.29, 0.717) is 11.1 Å². The third-order valence-electron chi connectivity index (χ3n) is 6.24. The van der Waals surface area contributed by atoms with Crippen molar-refractivity contribution in [2.75, 3.05) is 12.8 Å². The molecule has 0 saturated carbocycles. The topological polar surface area (TPSA) is 103 Å². The lowest BCUT2D eigenvalue weighted by atomic mass is 9.98. The minimum Gasteiger partial charge on any atom is -0.460 e. The van der Waals surface area contributed by atoms with Gasteiger partial charge in [-0.25, -0.2) is 4.52 Å². The summed E-state index contributed by atoms with van der Waals surface area (Å²) in [5.74, 6) is 7.53. The summed E-state index contributed by atoms with van der Waals surface area (Å²) in [5, 5.41) is 11.8. The molecule has 194 valence electrons. The Hall–Kier alpha value is -5.29. The molecule has 8 nitrogen and oxygen atoms in total. The molecule has 0 bridgehead atoms. The van der Waals surface area contributed by atoms with E-state index in [-0.39, 0.29) is 11.7 Å². The van der Waals surface area contributed by atoms with Crippen LogP contribution in [0.1, 0.15) is 34.2 Å². The summed E-state index contributed by atoms with van der Waals surface area (Å²) in [7, 11) is 3.46. The predicted octanol–water partition coefficient (Wildman–Crippen LogP) is 5.07.